The average molecular weight is 475 g/mol. The zero-order valence-corrected chi connectivity index (χ0v) is 21.5. The molecule has 0 atom stereocenters. The highest BCUT2D eigenvalue weighted by Crippen LogP contribution is 2.40. The number of rotatable bonds is 12. The topological polar surface area (TPSA) is 62.2 Å². The van der Waals surface area contributed by atoms with E-state index in [0.717, 1.165) is 44.9 Å². The maximum Gasteiger partial charge on any atom is 0.113 e. The first-order chi connectivity index (χ1) is 17.3. The Labute approximate surface area is 211 Å². The lowest BCUT2D eigenvalue weighted by Gasteiger charge is -2.37. The SMILES string of the molecule is CCCC(CCC)OCCCc1ccc(C2=C(N3CCC(C4=CN4)CC3)c3cc[nH]c3NC2)cc1. The van der Waals surface area contributed by atoms with Crippen LogP contribution in [0.15, 0.2) is 48.4 Å². The van der Waals surface area contributed by atoms with Crippen molar-refractivity contribution < 1.29 is 4.74 Å². The number of nitrogens with one attached hydrogen (secondary N) is 3. The summed E-state index contributed by atoms with van der Waals surface area (Å²) in [4.78, 5) is 6.02. The molecule has 5 nitrogen and oxygen atoms in total. The van der Waals surface area contributed by atoms with Crippen LogP contribution in [0.3, 0.4) is 0 Å². The molecular weight excluding hydrogens is 432 g/mol. The van der Waals surface area contributed by atoms with Crippen molar-refractivity contribution in [2.24, 2.45) is 5.92 Å². The lowest BCUT2D eigenvalue weighted by atomic mass is 9.91. The molecule has 3 N–H and O–H groups in total. The number of aromatic nitrogens is 1. The normalized spacial score (nSPS) is 17.8. The molecular formula is C30H42N4O. The van der Waals surface area contributed by atoms with E-state index in [1.165, 1.54) is 72.2 Å². The van der Waals surface area contributed by atoms with Gasteiger partial charge >= 0.3 is 0 Å². The molecule has 4 heterocycles. The molecule has 3 aliphatic rings. The molecule has 35 heavy (non-hydrogen) atoms. The summed E-state index contributed by atoms with van der Waals surface area (Å²) in [5, 5.41) is 6.93. The van der Waals surface area contributed by atoms with Crippen molar-refractivity contribution in [1.29, 1.82) is 0 Å². The summed E-state index contributed by atoms with van der Waals surface area (Å²) >= 11 is 0. The molecule has 0 spiro atoms. The number of aryl methyl sites for hydroxylation is 1. The van der Waals surface area contributed by atoms with Gasteiger partial charge in [0.25, 0.3) is 0 Å². The Kier molecular flexibility index (Phi) is 7.82. The van der Waals surface area contributed by atoms with Gasteiger partial charge < -0.3 is 25.3 Å². The van der Waals surface area contributed by atoms with E-state index in [1.54, 1.807) is 0 Å². The number of benzene rings is 1. The summed E-state index contributed by atoms with van der Waals surface area (Å²) in [5.41, 5.74) is 8.33. The zero-order chi connectivity index (χ0) is 24.0. The molecule has 1 aromatic heterocycles. The van der Waals surface area contributed by atoms with Crippen LogP contribution in [-0.4, -0.2) is 42.2 Å². The zero-order valence-electron chi connectivity index (χ0n) is 21.5. The second-order valence-electron chi connectivity index (χ2n) is 10.3. The molecule has 5 heteroatoms. The van der Waals surface area contributed by atoms with Crippen molar-refractivity contribution in [3.8, 4) is 0 Å². The van der Waals surface area contributed by atoms with Gasteiger partial charge in [-0.2, -0.15) is 0 Å². The lowest BCUT2D eigenvalue weighted by Crippen LogP contribution is -2.35. The Morgan fingerprint density at radius 1 is 1.03 bits per heavy atom. The minimum Gasteiger partial charge on any atom is -0.378 e. The molecule has 0 radical (unpaired) electrons. The number of allylic oxidation sites excluding steroid dienone is 1. The van der Waals surface area contributed by atoms with E-state index in [9.17, 15) is 0 Å². The molecule has 2 aromatic rings. The van der Waals surface area contributed by atoms with Crippen LogP contribution in [0.4, 0.5) is 5.82 Å². The monoisotopic (exact) mass is 474 g/mol. The number of nitrogens with zero attached hydrogens (tertiary/aromatic N) is 1. The number of aromatic amines is 1. The number of hydrogen-bond donors (Lipinski definition) is 3. The van der Waals surface area contributed by atoms with E-state index >= 15 is 0 Å². The number of hydrogen-bond acceptors (Lipinski definition) is 4. The summed E-state index contributed by atoms with van der Waals surface area (Å²) in [6.07, 6.45) is 14.1. The number of H-pyrrole nitrogens is 1. The van der Waals surface area contributed by atoms with Crippen molar-refractivity contribution >= 4 is 17.1 Å². The van der Waals surface area contributed by atoms with Crippen LogP contribution in [-0.2, 0) is 11.2 Å². The molecule has 0 bridgehead atoms. The standard InChI is InChI=1S/C30H42N4O/c1-3-6-25(7-4-2)35-19-5-8-22-9-11-23(12-10-22)27-20-33-30-26(13-16-31-30)29(27)34-17-14-24(15-18-34)28-21-32-28/h9-13,16,21,24-25,31-33H,3-8,14-15,17-20H2,1-2H3. The Morgan fingerprint density at radius 3 is 2.46 bits per heavy atom. The second kappa shape index (κ2) is 11.4. The third-order valence-corrected chi connectivity index (χ3v) is 7.78. The van der Waals surface area contributed by atoms with Gasteiger partial charge in [0, 0.05) is 61.4 Å². The van der Waals surface area contributed by atoms with E-state index in [4.69, 9.17) is 4.74 Å². The summed E-state index contributed by atoms with van der Waals surface area (Å²) in [6, 6.07) is 11.5. The van der Waals surface area contributed by atoms with E-state index in [0.29, 0.717) is 12.0 Å². The highest BCUT2D eigenvalue weighted by Gasteiger charge is 2.31. The molecule has 1 fully saturated rings. The molecule has 188 valence electrons. The third-order valence-electron chi connectivity index (χ3n) is 7.78. The van der Waals surface area contributed by atoms with Crippen LogP contribution in [0, 0.1) is 5.92 Å². The number of fused-ring (bicyclic) bond motifs is 1. The van der Waals surface area contributed by atoms with E-state index in [2.05, 4.69) is 77.1 Å². The van der Waals surface area contributed by atoms with Gasteiger partial charge in [0.05, 0.1) is 11.8 Å². The minimum absolute atomic E-state index is 0.442. The van der Waals surface area contributed by atoms with E-state index in [1.807, 2.05) is 0 Å². The quantitative estimate of drug-likeness (QED) is 0.312. The van der Waals surface area contributed by atoms with Crippen molar-refractivity contribution in [3.63, 3.8) is 0 Å². The Hall–Kier alpha value is -2.66. The van der Waals surface area contributed by atoms with Crippen LogP contribution in [0.5, 0.6) is 0 Å². The maximum atomic E-state index is 6.17. The molecule has 3 aliphatic heterocycles. The first-order valence-corrected chi connectivity index (χ1v) is 13.8. The molecule has 1 aromatic carbocycles. The first-order valence-electron chi connectivity index (χ1n) is 13.8. The molecule has 1 saturated heterocycles. The summed E-state index contributed by atoms with van der Waals surface area (Å²) < 4.78 is 6.17. The Balaban J connectivity index is 1.25. The van der Waals surface area contributed by atoms with Crippen molar-refractivity contribution in [2.75, 3.05) is 31.6 Å². The van der Waals surface area contributed by atoms with E-state index in [-0.39, 0.29) is 0 Å². The number of piperidine rings is 1. The lowest BCUT2D eigenvalue weighted by molar-refractivity contribution is 0.0394. The predicted molar refractivity (Wildman–Crippen MR) is 146 cm³/mol. The van der Waals surface area contributed by atoms with Crippen molar-refractivity contribution in [2.45, 2.75) is 71.3 Å². The Bertz CT molecular complexity index is 1020. The third kappa shape index (κ3) is 5.78. The number of likely N-dealkylation sites (tertiary alicyclic amines) is 1. The van der Waals surface area contributed by atoms with Gasteiger partial charge in [0.2, 0.25) is 0 Å². The second-order valence-corrected chi connectivity index (χ2v) is 10.3. The van der Waals surface area contributed by atoms with Crippen LogP contribution >= 0.6 is 0 Å². The molecule has 0 amide bonds. The highest BCUT2D eigenvalue weighted by atomic mass is 16.5. The van der Waals surface area contributed by atoms with Gasteiger partial charge in [-0.25, -0.2) is 0 Å². The van der Waals surface area contributed by atoms with Crippen LogP contribution in [0.2, 0.25) is 0 Å². The molecule has 0 aliphatic carbocycles. The fourth-order valence-corrected chi connectivity index (χ4v) is 5.78. The summed E-state index contributed by atoms with van der Waals surface area (Å²) in [7, 11) is 0. The van der Waals surface area contributed by atoms with Crippen LogP contribution < -0.4 is 10.6 Å². The van der Waals surface area contributed by atoms with Gasteiger partial charge in [-0.1, -0.05) is 51.0 Å². The largest absolute Gasteiger partial charge is 0.378 e. The van der Waals surface area contributed by atoms with Gasteiger partial charge in [-0.15, -0.1) is 0 Å². The van der Waals surface area contributed by atoms with Gasteiger partial charge in [-0.05, 0) is 55.7 Å². The first kappa shape index (κ1) is 24.1. The van der Waals surface area contributed by atoms with Crippen molar-refractivity contribution in [3.05, 3.63) is 65.1 Å². The highest BCUT2D eigenvalue weighted by molar-refractivity contribution is 5.97. The van der Waals surface area contributed by atoms with Crippen LogP contribution in [0.1, 0.15) is 75.5 Å². The maximum absolute atomic E-state index is 6.17. The average Bonchev–Trinajstić information content (AvgIpc) is 3.63. The van der Waals surface area contributed by atoms with Crippen LogP contribution in [0.25, 0.3) is 11.3 Å². The van der Waals surface area contributed by atoms with Crippen molar-refractivity contribution in [1.82, 2.24) is 15.2 Å². The van der Waals surface area contributed by atoms with Gasteiger partial charge in [0.15, 0.2) is 0 Å². The van der Waals surface area contributed by atoms with Gasteiger partial charge in [0.1, 0.15) is 5.82 Å². The molecule has 0 unspecified atom stereocenters. The fourth-order valence-electron chi connectivity index (χ4n) is 5.78. The molecule has 5 rings (SSSR count). The summed E-state index contributed by atoms with van der Waals surface area (Å²) in [5.74, 6) is 1.86. The summed E-state index contributed by atoms with van der Waals surface area (Å²) in [6.45, 7) is 8.45. The van der Waals surface area contributed by atoms with Gasteiger partial charge in [-0.3, -0.25) is 0 Å². The van der Waals surface area contributed by atoms with E-state index < -0.39 is 0 Å². The number of ether oxygens (including phenoxy) is 1. The molecule has 0 saturated carbocycles. The smallest absolute Gasteiger partial charge is 0.113 e. The fraction of sp³-hybridized carbons (Fsp3) is 0.533. The Morgan fingerprint density at radius 2 is 1.77 bits per heavy atom. The minimum atomic E-state index is 0.442. The number of anilines is 1. The predicted octanol–water partition coefficient (Wildman–Crippen LogP) is 6.38.